The lowest BCUT2D eigenvalue weighted by molar-refractivity contribution is 0.0629. The van der Waals surface area contributed by atoms with Gasteiger partial charge in [-0.3, -0.25) is 9.69 Å². The van der Waals surface area contributed by atoms with Gasteiger partial charge >= 0.3 is 0 Å². The first-order chi connectivity index (χ1) is 14.9. The van der Waals surface area contributed by atoms with Crippen LogP contribution < -0.4 is 4.90 Å². The van der Waals surface area contributed by atoms with Crippen LogP contribution >= 0.6 is 11.3 Å². The summed E-state index contributed by atoms with van der Waals surface area (Å²) in [5.41, 5.74) is 2.65. The minimum absolute atomic E-state index is 0.0760. The number of amides is 1. The molecule has 3 heterocycles. The van der Waals surface area contributed by atoms with Crippen molar-refractivity contribution >= 4 is 33.0 Å². The van der Waals surface area contributed by atoms with Crippen LogP contribution in [-0.4, -0.2) is 81.8 Å². The van der Waals surface area contributed by atoms with Gasteiger partial charge in [-0.05, 0) is 53.4 Å². The summed E-state index contributed by atoms with van der Waals surface area (Å²) in [6.45, 7) is 5.62. The van der Waals surface area contributed by atoms with Gasteiger partial charge in [0, 0.05) is 65.6 Å². The Morgan fingerprint density at radius 3 is 2.35 bits per heavy atom. The quantitative estimate of drug-likeness (QED) is 0.660. The normalized spacial score (nSPS) is 18.2. The molecule has 9 heteroatoms. The number of benzene rings is 1. The number of thiophene rings is 1. The maximum atomic E-state index is 13.5. The Labute approximate surface area is 188 Å². The average Bonchev–Trinajstić information content (AvgIpc) is 3.47. The Balaban J connectivity index is 1.55. The second-order valence-corrected chi connectivity index (χ2v) is 11.3. The van der Waals surface area contributed by atoms with Gasteiger partial charge < -0.3 is 9.80 Å². The first kappa shape index (κ1) is 22.3. The molecule has 1 aromatic heterocycles. The van der Waals surface area contributed by atoms with E-state index in [4.69, 9.17) is 0 Å². The van der Waals surface area contributed by atoms with Gasteiger partial charge in [-0.1, -0.05) is 0 Å². The fourth-order valence-corrected chi connectivity index (χ4v) is 5.80. The molecule has 2 aromatic rings. The Hall–Kier alpha value is -1.94. The highest BCUT2D eigenvalue weighted by molar-refractivity contribution is 7.89. The van der Waals surface area contributed by atoms with Crippen molar-refractivity contribution in [1.29, 1.82) is 0 Å². The minimum atomic E-state index is -3.60. The summed E-state index contributed by atoms with van der Waals surface area (Å²) >= 11 is 1.70. The second kappa shape index (κ2) is 9.28. The third kappa shape index (κ3) is 4.79. The molecule has 0 N–H and O–H groups in total. The van der Waals surface area contributed by atoms with Gasteiger partial charge in [0.1, 0.15) is 0 Å². The lowest BCUT2D eigenvalue weighted by Crippen LogP contribution is -2.48. The van der Waals surface area contributed by atoms with Crippen molar-refractivity contribution in [3.05, 3.63) is 46.2 Å². The molecule has 0 bridgehead atoms. The molecular weight excluding hydrogens is 432 g/mol. The van der Waals surface area contributed by atoms with E-state index in [1.54, 1.807) is 23.5 Å². The van der Waals surface area contributed by atoms with Crippen LogP contribution in [0.3, 0.4) is 0 Å². The predicted octanol–water partition coefficient (Wildman–Crippen LogP) is 2.56. The third-order valence-electron chi connectivity index (χ3n) is 6.07. The van der Waals surface area contributed by atoms with Crippen LogP contribution in [0.4, 0.5) is 5.69 Å². The van der Waals surface area contributed by atoms with Gasteiger partial charge in [0.25, 0.3) is 5.91 Å². The van der Waals surface area contributed by atoms with Crippen LogP contribution in [0.1, 0.15) is 28.8 Å². The molecule has 1 amide bonds. The Morgan fingerprint density at radius 2 is 1.74 bits per heavy atom. The first-order valence-corrected chi connectivity index (χ1v) is 13.1. The molecule has 1 aromatic carbocycles. The number of nitrogens with zero attached hydrogens (tertiary/aromatic N) is 4. The topological polar surface area (TPSA) is 64.2 Å². The van der Waals surface area contributed by atoms with E-state index in [0.29, 0.717) is 18.7 Å². The predicted molar refractivity (Wildman–Crippen MR) is 124 cm³/mol. The fraction of sp³-hybridized carbons (Fsp3) is 0.500. The molecular formula is C22H30N4O3S2. The van der Waals surface area contributed by atoms with Crippen molar-refractivity contribution in [2.45, 2.75) is 24.3 Å². The van der Waals surface area contributed by atoms with Crippen LogP contribution in [-0.2, 0) is 16.6 Å². The van der Waals surface area contributed by atoms with E-state index in [1.165, 1.54) is 24.0 Å². The van der Waals surface area contributed by atoms with E-state index in [-0.39, 0.29) is 10.8 Å². The first-order valence-electron chi connectivity index (χ1n) is 10.7. The lowest BCUT2D eigenvalue weighted by atomic mass is 10.1. The highest BCUT2D eigenvalue weighted by atomic mass is 32.2. The van der Waals surface area contributed by atoms with E-state index in [2.05, 4.69) is 26.6 Å². The Morgan fingerprint density at radius 1 is 1.03 bits per heavy atom. The van der Waals surface area contributed by atoms with Crippen LogP contribution in [0.5, 0.6) is 0 Å². The van der Waals surface area contributed by atoms with Gasteiger partial charge in [-0.2, -0.15) is 11.3 Å². The molecule has 2 saturated heterocycles. The van der Waals surface area contributed by atoms with Gasteiger partial charge in [-0.25, -0.2) is 12.7 Å². The highest BCUT2D eigenvalue weighted by Crippen LogP contribution is 2.29. The number of hydrogen-bond donors (Lipinski definition) is 0. The summed E-state index contributed by atoms with van der Waals surface area (Å²) in [6, 6.07) is 7.14. The summed E-state index contributed by atoms with van der Waals surface area (Å²) in [6.07, 6.45) is 2.18. The van der Waals surface area contributed by atoms with Crippen LogP contribution in [0.25, 0.3) is 0 Å². The van der Waals surface area contributed by atoms with Crippen LogP contribution in [0.15, 0.2) is 39.9 Å². The summed E-state index contributed by atoms with van der Waals surface area (Å²) < 4.78 is 26.6. The monoisotopic (exact) mass is 462 g/mol. The maximum absolute atomic E-state index is 13.5. The average molecular weight is 463 g/mol. The summed E-state index contributed by atoms with van der Waals surface area (Å²) in [5.74, 6) is -0.0760. The molecule has 2 aliphatic heterocycles. The molecule has 0 aliphatic carbocycles. The largest absolute Gasteiger partial charge is 0.371 e. The van der Waals surface area contributed by atoms with E-state index in [1.807, 2.05) is 11.0 Å². The van der Waals surface area contributed by atoms with E-state index in [9.17, 15) is 13.2 Å². The maximum Gasteiger partial charge on any atom is 0.256 e. The molecule has 0 radical (unpaired) electrons. The van der Waals surface area contributed by atoms with Crippen LogP contribution in [0, 0.1) is 0 Å². The number of rotatable bonds is 6. The Bertz CT molecular complexity index is 1010. The fourth-order valence-electron chi connectivity index (χ4n) is 4.21. The third-order valence-corrected chi connectivity index (χ3v) is 8.61. The summed E-state index contributed by atoms with van der Waals surface area (Å²) in [4.78, 5) is 20.1. The minimum Gasteiger partial charge on any atom is -0.371 e. The molecule has 168 valence electrons. The lowest BCUT2D eigenvalue weighted by Gasteiger charge is -2.35. The van der Waals surface area contributed by atoms with Crippen molar-refractivity contribution in [2.75, 3.05) is 58.3 Å². The summed E-state index contributed by atoms with van der Waals surface area (Å²) in [7, 11) is -0.581. The number of piperazine rings is 1. The van der Waals surface area contributed by atoms with Crippen molar-refractivity contribution in [2.24, 2.45) is 0 Å². The van der Waals surface area contributed by atoms with Crippen LogP contribution in [0.2, 0.25) is 0 Å². The van der Waals surface area contributed by atoms with Gasteiger partial charge in [0.05, 0.1) is 10.5 Å². The van der Waals surface area contributed by atoms with Crippen molar-refractivity contribution < 1.29 is 13.2 Å². The number of carbonyl (C=O) groups excluding carboxylic acids is 1. The molecule has 31 heavy (non-hydrogen) atoms. The zero-order valence-corrected chi connectivity index (χ0v) is 19.8. The molecule has 0 saturated carbocycles. The molecule has 2 fully saturated rings. The highest BCUT2D eigenvalue weighted by Gasteiger charge is 2.28. The zero-order valence-electron chi connectivity index (χ0n) is 18.2. The number of anilines is 1. The van der Waals surface area contributed by atoms with E-state index >= 15 is 0 Å². The smallest absolute Gasteiger partial charge is 0.256 e. The Kier molecular flexibility index (Phi) is 6.66. The van der Waals surface area contributed by atoms with E-state index < -0.39 is 10.0 Å². The zero-order chi connectivity index (χ0) is 22.0. The van der Waals surface area contributed by atoms with E-state index in [0.717, 1.165) is 51.3 Å². The van der Waals surface area contributed by atoms with Gasteiger partial charge in [-0.15, -0.1) is 0 Å². The van der Waals surface area contributed by atoms with Crippen molar-refractivity contribution in [1.82, 2.24) is 14.1 Å². The number of sulfonamides is 1. The molecule has 0 spiro atoms. The summed E-state index contributed by atoms with van der Waals surface area (Å²) in [5, 5.41) is 4.25. The standard InChI is InChI=1S/C22H30N4O3S2/c1-23(2)31(28,29)19-5-6-21(25-8-3-4-9-25)20(15-19)22(27)26-12-10-24(11-13-26)16-18-7-14-30-17-18/h5-7,14-15,17H,3-4,8-13,16H2,1-2H3. The molecule has 7 nitrogen and oxygen atoms in total. The van der Waals surface area contributed by atoms with Gasteiger partial charge in [0.15, 0.2) is 0 Å². The van der Waals surface area contributed by atoms with Gasteiger partial charge in [0.2, 0.25) is 10.0 Å². The molecule has 0 atom stereocenters. The second-order valence-electron chi connectivity index (χ2n) is 8.36. The van der Waals surface area contributed by atoms with Crippen molar-refractivity contribution in [3.63, 3.8) is 0 Å². The molecule has 0 unspecified atom stereocenters. The molecule has 4 rings (SSSR count). The number of hydrogen-bond acceptors (Lipinski definition) is 6. The molecule has 2 aliphatic rings. The number of carbonyl (C=O) groups is 1. The SMILES string of the molecule is CN(C)S(=O)(=O)c1ccc(N2CCCC2)c(C(=O)N2CCN(Cc3ccsc3)CC2)c1. The van der Waals surface area contributed by atoms with Crippen molar-refractivity contribution in [3.8, 4) is 0 Å².